The molecule has 2 aromatic rings. The Kier molecular flexibility index (Phi) is 1.67. The van der Waals surface area contributed by atoms with Crippen molar-refractivity contribution in [1.29, 1.82) is 0 Å². The van der Waals surface area contributed by atoms with Gasteiger partial charge in [0.25, 0.3) is 0 Å². The molecule has 0 atom stereocenters. The fourth-order valence-corrected chi connectivity index (χ4v) is 1.06. The molecule has 0 saturated heterocycles. The van der Waals surface area contributed by atoms with Gasteiger partial charge in [0.15, 0.2) is 0 Å². The van der Waals surface area contributed by atoms with Crippen LogP contribution in [-0.4, -0.2) is 4.98 Å². The van der Waals surface area contributed by atoms with Gasteiger partial charge in [-0.05, 0) is 19.1 Å². The largest absolute Gasteiger partial charge is 0.445 e. The Morgan fingerprint density at radius 3 is 2.50 bits per heavy atom. The molecule has 1 aromatic carbocycles. The smallest absolute Gasteiger partial charge is 0.225 e. The maximum absolute atomic E-state index is 5.15. The van der Waals surface area contributed by atoms with Gasteiger partial charge >= 0.3 is 0 Å². The molecule has 0 unspecified atom stereocenters. The molecule has 2 heteroatoms. The van der Waals surface area contributed by atoms with Crippen LogP contribution in [0.5, 0.6) is 0 Å². The predicted molar refractivity (Wildman–Crippen MR) is 46.7 cm³/mol. The molecular weight excluding hydrogens is 150 g/mol. The summed E-state index contributed by atoms with van der Waals surface area (Å²) in [5, 5.41) is 0. The van der Waals surface area contributed by atoms with E-state index in [4.69, 9.17) is 4.42 Å². The highest BCUT2D eigenvalue weighted by Gasteiger charge is 1.99. The highest BCUT2D eigenvalue weighted by atomic mass is 16.3. The molecule has 0 aliphatic heterocycles. The maximum atomic E-state index is 5.15. The lowest BCUT2D eigenvalue weighted by atomic mass is 10.1. The van der Waals surface area contributed by atoms with E-state index in [2.05, 4.69) is 11.9 Å². The number of hydrogen-bond acceptors (Lipinski definition) is 2. The van der Waals surface area contributed by atoms with Crippen molar-refractivity contribution in [2.45, 2.75) is 6.92 Å². The van der Waals surface area contributed by atoms with Gasteiger partial charge in [0.2, 0.25) is 5.89 Å². The molecular formula is C10H9NO. The van der Waals surface area contributed by atoms with Gasteiger partial charge < -0.3 is 4.42 Å². The molecule has 0 bridgehead atoms. The average Bonchev–Trinajstić information content (AvgIpc) is 2.58. The van der Waals surface area contributed by atoms with E-state index in [0.717, 1.165) is 5.56 Å². The highest BCUT2D eigenvalue weighted by molar-refractivity contribution is 5.52. The van der Waals surface area contributed by atoms with E-state index in [1.165, 1.54) is 5.56 Å². The van der Waals surface area contributed by atoms with Crippen LogP contribution in [0.3, 0.4) is 0 Å². The molecule has 0 saturated carbocycles. The first-order valence-electron chi connectivity index (χ1n) is 3.83. The van der Waals surface area contributed by atoms with Gasteiger partial charge in [0, 0.05) is 5.56 Å². The lowest BCUT2D eigenvalue weighted by Gasteiger charge is -1.94. The summed E-state index contributed by atoms with van der Waals surface area (Å²) in [6.45, 7) is 2.05. The van der Waals surface area contributed by atoms with Gasteiger partial charge in [0.1, 0.15) is 6.26 Å². The van der Waals surface area contributed by atoms with E-state index in [1.807, 2.05) is 24.3 Å². The summed E-state index contributed by atoms with van der Waals surface area (Å²) < 4.78 is 5.15. The minimum Gasteiger partial charge on any atom is -0.445 e. The normalized spacial score (nSPS) is 10.1. The van der Waals surface area contributed by atoms with E-state index < -0.39 is 0 Å². The third-order valence-corrected chi connectivity index (χ3v) is 1.73. The zero-order valence-electron chi connectivity index (χ0n) is 6.82. The Bertz CT molecular complexity index is 348. The summed E-state index contributed by atoms with van der Waals surface area (Å²) in [6.07, 6.45) is 3.23. The van der Waals surface area contributed by atoms with Crippen molar-refractivity contribution in [3.05, 3.63) is 42.3 Å². The van der Waals surface area contributed by atoms with Crippen molar-refractivity contribution in [3.63, 3.8) is 0 Å². The zero-order chi connectivity index (χ0) is 8.39. The SMILES string of the molecule is Cc1ccc(-c2ncco2)cc1. The van der Waals surface area contributed by atoms with Gasteiger partial charge in [0.05, 0.1) is 6.20 Å². The molecule has 2 nitrogen and oxygen atoms in total. The number of hydrogen-bond donors (Lipinski definition) is 0. The van der Waals surface area contributed by atoms with Gasteiger partial charge in [-0.1, -0.05) is 17.7 Å². The first kappa shape index (κ1) is 7.10. The Balaban J connectivity index is 2.43. The third kappa shape index (κ3) is 1.23. The molecule has 60 valence electrons. The van der Waals surface area contributed by atoms with Gasteiger partial charge in [-0.15, -0.1) is 0 Å². The van der Waals surface area contributed by atoms with Crippen molar-refractivity contribution in [1.82, 2.24) is 4.98 Å². The number of oxazole rings is 1. The van der Waals surface area contributed by atoms with Crippen LogP contribution in [-0.2, 0) is 0 Å². The van der Waals surface area contributed by atoms with Crippen LogP contribution >= 0.6 is 0 Å². The second kappa shape index (κ2) is 2.81. The number of aromatic nitrogens is 1. The van der Waals surface area contributed by atoms with E-state index in [1.54, 1.807) is 12.5 Å². The standard InChI is InChI=1S/C10H9NO/c1-8-2-4-9(5-3-8)10-11-6-7-12-10/h2-7H,1H3. The van der Waals surface area contributed by atoms with E-state index >= 15 is 0 Å². The van der Waals surface area contributed by atoms with Gasteiger partial charge in [-0.3, -0.25) is 0 Å². The Labute approximate surface area is 70.9 Å². The second-order valence-corrected chi connectivity index (χ2v) is 2.70. The summed E-state index contributed by atoms with van der Waals surface area (Å²) in [6, 6.07) is 8.08. The van der Waals surface area contributed by atoms with E-state index in [0.29, 0.717) is 5.89 Å². The van der Waals surface area contributed by atoms with Crippen molar-refractivity contribution >= 4 is 0 Å². The maximum Gasteiger partial charge on any atom is 0.225 e. The fraction of sp³-hybridized carbons (Fsp3) is 0.100. The molecule has 0 amide bonds. The fourth-order valence-electron chi connectivity index (χ4n) is 1.06. The summed E-state index contributed by atoms with van der Waals surface area (Å²) in [4.78, 5) is 4.05. The molecule has 0 aliphatic rings. The van der Waals surface area contributed by atoms with Crippen LogP contribution in [0.25, 0.3) is 11.5 Å². The lowest BCUT2D eigenvalue weighted by molar-refractivity contribution is 0.574. The first-order valence-corrected chi connectivity index (χ1v) is 3.83. The quantitative estimate of drug-likeness (QED) is 0.639. The summed E-state index contributed by atoms with van der Waals surface area (Å²) >= 11 is 0. The molecule has 1 heterocycles. The predicted octanol–water partition coefficient (Wildman–Crippen LogP) is 2.65. The average molecular weight is 159 g/mol. The summed E-state index contributed by atoms with van der Waals surface area (Å²) in [5.74, 6) is 0.676. The number of benzene rings is 1. The first-order chi connectivity index (χ1) is 5.86. The topological polar surface area (TPSA) is 26.0 Å². The highest BCUT2D eigenvalue weighted by Crippen LogP contribution is 2.16. The minimum atomic E-state index is 0.676. The summed E-state index contributed by atoms with van der Waals surface area (Å²) in [7, 11) is 0. The van der Waals surface area contributed by atoms with Crippen molar-refractivity contribution in [2.75, 3.05) is 0 Å². The molecule has 0 N–H and O–H groups in total. The molecule has 2 rings (SSSR count). The molecule has 12 heavy (non-hydrogen) atoms. The minimum absolute atomic E-state index is 0.676. The molecule has 0 aliphatic carbocycles. The van der Waals surface area contributed by atoms with Crippen LogP contribution in [0.1, 0.15) is 5.56 Å². The van der Waals surface area contributed by atoms with Gasteiger partial charge in [-0.25, -0.2) is 4.98 Å². The van der Waals surface area contributed by atoms with Crippen molar-refractivity contribution < 1.29 is 4.42 Å². The van der Waals surface area contributed by atoms with Crippen LogP contribution in [0.2, 0.25) is 0 Å². The van der Waals surface area contributed by atoms with Crippen LogP contribution in [0.4, 0.5) is 0 Å². The van der Waals surface area contributed by atoms with Crippen LogP contribution in [0, 0.1) is 6.92 Å². The molecule has 0 fully saturated rings. The van der Waals surface area contributed by atoms with E-state index in [-0.39, 0.29) is 0 Å². The Hall–Kier alpha value is -1.57. The van der Waals surface area contributed by atoms with Crippen molar-refractivity contribution in [3.8, 4) is 11.5 Å². The number of nitrogens with zero attached hydrogens (tertiary/aromatic N) is 1. The third-order valence-electron chi connectivity index (χ3n) is 1.73. The monoisotopic (exact) mass is 159 g/mol. The Morgan fingerprint density at radius 2 is 1.92 bits per heavy atom. The number of aryl methyl sites for hydroxylation is 1. The van der Waals surface area contributed by atoms with Crippen molar-refractivity contribution in [2.24, 2.45) is 0 Å². The van der Waals surface area contributed by atoms with E-state index in [9.17, 15) is 0 Å². The van der Waals surface area contributed by atoms with Gasteiger partial charge in [-0.2, -0.15) is 0 Å². The van der Waals surface area contributed by atoms with Crippen LogP contribution < -0.4 is 0 Å². The molecule has 0 radical (unpaired) electrons. The zero-order valence-corrected chi connectivity index (χ0v) is 6.82. The summed E-state index contributed by atoms with van der Waals surface area (Å²) in [5.41, 5.74) is 2.26. The second-order valence-electron chi connectivity index (χ2n) is 2.70. The lowest BCUT2D eigenvalue weighted by Crippen LogP contribution is -1.76. The molecule has 1 aromatic heterocycles. The molecule has 0 spiro atoms. The Morgan fingerprint density at radius 1 is 1.17 bits per heavy atom. The van der Waals surface area contributed by atoms with Crippen LogP contribution in [0.15, 0.2) is 41.1 Å². The number of rotatable bonds is 1.